The van der Waals surface area contributed by atoms with Gasteiger partial charge in [0.25, 0.3) is 11.8 Å². The quantitative estimate of drug-likeness (QED) is 0.261. The van der Waals surface area contributed by atoms with Crippen molar-refractivity contribution in [3.63, 3.8) is 0 Å². The third kappa shape index (κ3) is 7.22. The van der Waals surface area contributed by atoms with E-state index in [2.05, 4.69) is 35.5 Å². The lowest BCUT2D eigenvalue weighted by molar-refractivity contribution is -0.141. The van der Waals surface area contributed by atoms with Gasteiger partial charge in [-0.25, -0.2) is 22.8 Å². The van der Waals surface area contributed by atoms with Crippen LogP contribution in [0.5, 0.6) is 5.88 Å². The third-order valence-electron chi connectivity index (χ3n) is 10.1. The summed E-state index contributed by atoms with van der Waals surface area (Å²) in [5, 5.41) is 11.7. The number of rotatable bonds is 7. The summed E-state index contributed by atoms with van der Waals surface area (Å²) in [6.45, 7) is 3.30. The molecule has 4 amide bonds. The lowest BCUT2D eigenvalue weighted by Gasteiger charge is -2.29. The monoisotopic (exact) mass is 736 g/mol. The number of benzene rings is 1. The third-order valence-corrected chi connectivity index (χ3v) is 12.0. The van der Waals surface area contributed by atoms with Crippen LogP contribution in [0.1, 0.15) is 79.7 Å². The molecule has 17 heteroatoms. The Bertz CT molecular complexity index is 2070. The van der Waals surface area contributed by atoms with Crippen molar-refractivity contribution in [3.05, 3.63) is 59.3 Å². The number of carbonyl (C=O) groups excluding carboxylic acids is 4. The molecule has 1 saturated heterocycles. The first-order chi connectivity index (χ1) is 24.8. The molecule has 2 aliphatic carbocycles. The molecule has 2 aliphatic heterocycles. The van der Waals surface area contributed by atoms with Crippen LogP contribution in [-0.2, 0) is 24.4 Å². The van der Waals surface area contributed by atoms with Crippen molar-refractivity contribution < 1.29 is 36.7 Å². The van der Waals surface area contributed by atoms with Crippen molar-refractivity contribution in [1.29, 1.82) is 0 Å². The maximum Gasteiger partial charge on any atom is 0.272 e. The van der Waals surface area contributed by atoms with E-state index < -0.39 is 74.4 Å². The molecular formula is C35H41FN8O7S. The molecule has 4 heterocycles. The number of nitrogens with zero attached hydrogens (tertiary/aromatic N) is 4. The molecule has 2 saturated carbocycles. The zero-order chi connectivity index (χ0) is 36.8. The number of ether oxygens (including phenoxy) is 1. The van der Waals surface area contributed by atoms with E-state index in [1.165, 1.54) is 17.0 Å². The molecule has 7 rings (SSSR count). The van der Waals surface area contributed by atoms with E-state index in [0.29, 0.717) is 42.6 Å². The number of carbonyl (C=O) groups is 4. The van der Waals surface area contributed by atoms with Crippen LogP contribution >= 0.6 is 0 Å². The standard InChI is InChI=1S/C35H41FN8O7S/c1-19-15-27(42-41-19)30(45)38-26-11-7-5-3-4-6-9-21-17-35(21,34(48)43-52(49,50)23-13-14-23)40-31(46)28-16-22(18-44(28)33(26)47)51-32-20(2)37-25-12-8-10-24(36)29(25)39-32/h6,8-10,12,15,21-23,26,28H,3-5,7,11,13-14,16-18H2,1-2H3,(H,38,45)(H,40,46)(H,41,42)(H,43,48)/b9-6-/t21?,22-,26+,28+,35-/m1/s1. The van der Waals surface area contributed by atoms with Crippen LogP contribution in [-0.4, -0.2) is 92.6 Å². The molecule has 5 atom stereocenters. The first-order valence-electron chi connectivity index (χ1n) is 17.6. The molecule has 1 unspecified atom stereocenters. The maximum atomic E-state index is 14.7. The van der Waals surface area contributed by atoms with Gasteiger partial charge < -0.3 is 20.3 Å². The summed E-state index contributed by atoms with van der Waals surface area (Å²) in [6.07, 6.45) is 7.08. The largest absolute Gasteiger partial charge is 0.471 e. The Hall–Kier alpha value is -4.93. The highest BCUT2D eigenvalue weighted by molar-refractivity contribution is 7.91. The number of fused-ring (bicyclic) bond motifs is 3. The summed E-state index contributed by atoms with van der Waals surface area (Å²) in [7, 11) is -3.91. The molecule has 52 heavy (non-hydrogen) atoms. The van der Waals surface area contributed by atoms with Gasteiger partial charge >= 0.3 is 0 Å². The van der Waals surface area contributed by atoms with Crippen LogP contribution in [0.2, 0.25) is 0 Å². The normalized spacial score (nSPS) is 27.4. The Morgan fingerprint density at radius 1 is 1.10 bits per heavy atom. The van der Waals surface area contributed by atoms with Gasteiger partial charge in [-0.3, -0.25) is 29.0 Å². The van der Waals surface area contributed by atoms with Crippen molar-refractivity contribution in [2.24, 2.45) is 5.92 Å². The lowest BCUT2D eigenvalue weighted by Crippen LogP contribution is -2.58. The molecule has 1 aromatic carbocycles. The Kier molecular flexibility index (Phi) is 9.48. The van der Waals surface area contributed by atoms with Gasteiger partial charge in [0.2, 0.25) is 27.7 Å². The number of aromatic amines is 1. The minimum atomic E-state index is -3.91. The van der Waals surface area contributed by atoms with E-state index in [9.17, 15) is 32.0 Å². The van der Waals surface area contributed by atoms with E-state index in [1.54, 1.807) is 26.0 Å². The van der Waals surface area contributed by atoms with E-state index in [0.717, 1.165) is 12.8 Å². The summed E-state index contributed by atoms with van der Waals surface area (Å²) >= 11 is 0. The predicted octanol–water partition coefficient (Wildman–Crippen LogP) is 2.26. The van der Waals surface area contributed by atoms with Crippen LogP contribution in [0.3, 0.4) is 0 Å². The van der Waals surface area contributed by atoms with Crippen LogP contribution in [0.15, 0.2) is 36.4 Å². The van der Waals surface area contributed by atoms with E-state index >= 15 is 0 Å². The molecular weight excluding hydrogens is 695 g/mol. The fraction of sp³-hybridized carbons (Fsp3) is 0.514. The number of hydrogen-bond acceptors (Lipinski definition) is 10. The molecule has 3 fully saturated rings. The average molecular weight is 737 g/mol. The molecule has 3 aromatic rings. The van der Waals surface area contributed by atoms with Gasteiger partial charge in [0, 0.05) is 18.0 Å². The van der Waals surface area contributed by atoms with Crippen molar-refractivity contribution >= 4 is 44.7 Å². The Balaban J connectivity index is 1.20. The Labute approximate surface area is 299 Å². The molecule has 15 nitrogen and oxygen atoms in total. The highest BCUT2D eigenvalue weighted by Crippen LogP contribution is 2.46. The maximum absolute atomic E-state index is 14.7. The fourth-order valence-electron chi connectivity index (χ4n) is 7.00. The Morgan fingerprint density at radius 3 is 2.65 bits per heavy atom. The lowest BCUT2D eigenvalue weighted by atomic mass is 10.0. The van der Waals surface area contributed by atoms with Gasteiger partial charge in [-0.1, -0.05) is 31.1 Å². The summed E-state index contributed by atoms with van der Waals surface area (Å²) in [5.41, 5.74) is -0.0523. The number of amides is 4. The molecule has 0 spiro atoms. The number of halogens is 1. The second kappa shape index (κ2) is 13.9. The van der Waals surface area contributed by atoms with Crippen LogP contribution < -0.4 is 20.1 Å². The van der Waals surface area contributed by atoms with Gasteiger partial charge in [-0.15, -0.1) is 0 Å². The van der Waals surface area contributed by atoms with Crippen LogP contribution in [0.4, 0.5) is 4.39 Å². The van der Waals surface area contributed by atoms with Crippen molar-refractivity contribution in [3.8, 4) is 5.88 Å². The fourth-order valence-corrected chi connectivity index (χ4v) is 8.36. The SMILES string of the molecule is Cc1cc(C(=O)N[C@H]2CCCCC/C=C\C3C[C@@]3(C(=O)NS(=O)(=O)C3CC3)NC(=O)[C@@H]3C[C@@H](Oc4nc5c(F)cccc5nc4C)CN3C2=O)n[nH]1. The van der Waals surface area contributed by atoms with E-state index in [1.807, 2.05) is 12.2 Å². The summed E-state index contributed by atoms with van der Waals surface area (Å²) in [6, 6.07) is 3.77. The van der Waals surface area contributed by atoms with Gasteiger partial charge in [0.1, 0.15) is 40.6 Å². The van der Waals surface area contributed by atoms with Crippen LogP contribution in [0, 0.1) is 25.6 Å². The molecule has 4 N–H and O–H groups in total. The van der Waals surface area contributed by atoms with Gasteiger partial charge in [0.15, 0.2) is 5.82 Å². The number of aromatic nitrogens is 4. The first-order valence-corrected chi connectivity index (χ1v) is 19.2. The van der Waals surface area contributed by atoms with Crippen molar-refractivity contribution in [2.45, 2.75) is 101 Å². The number of aryl methyl sites for hydroxylation is 2. The van der Waals surface area contributed by atoms with E-state index in [-0.39, 0.29) is 42.9 Å². The number of H-pyrrole nitrogens is 1. The number of allylic oxidation sites excluding steroid dienone is 1. The van der Waals surface area contributed by atoms with Crippen molar-refractivity contribution in [2.75, 3.05) is 6.54 Å². The molecule has 276 valence electrons. The van der Waals surface area contributed by atoms with Crippen LogP contribution in [0.25, 0.3) is 11.0 Å². The van der Waals surface area contributed by atoms with Gasteiger partial charge in [0.05, 0.1) is 17.3 Å². The molecule has 0 radical (unpaired) electrons. The Morgan fingerprint density at radius 2 is 1.90 bits per heavy atom. The number of para-hydroxylation sites is 1. The molecule has 4 aliphatic rings. The topological polar surface area (TPSA) is 205 Å². The predicted molar refractivity (Wildman–Crippen MR) is 185 cm³/mol. The minimum absolute atomic E-state index is 0.00285. The van der Waals surface area contributed by atoms with Crippen molar-refractivity contribution in [1.82, 2.24) is 40.4 Å². The van der Waals surface area contributed by atoms with Gasteiger partial charge in [-0.05, 0) is 70.6 Å². The average Bonchev–Trinajstić information content (AvgIpc) is 3.99. The minimum Gasteiger partial charge on any atom is -0.471 e. The summed E-state index contributed by atoms with van der Waals surface area (Å²) in [5.74, 6) is -3.60. The zero-order valence-corrected chi connectivity index (χ0v) is 29.7. The number of sulfonamides is 1. The smallest absolute Gasteiger partial charge is 0.272 e. The first kappa shape index (κ1) is 35.5. The second-order valence-electron chi connectivity index (χ2n) is 14.2. The number of nitrogens with one attached hydrogen (secondary N) is 4. The molecule has 0 bridgehead atoms. The highest BCUT2D eigenvalue weighted by atomic mass is 32.2. The number of hydrogen-bond donors (Lipinski definition) is 4. The second-order valence-corrected chi connectivity index (χ2v) is 16.1. The van der Waals surface area contributed by atoms with Gasteiger partial charge in [-0.2, -0.15) is 5.10 Å². The molecule has 2 aromatic heterocycles. The van der Waals surface area contributed by atoms with E-state index in [4.69, 9.17) is 4.74 Å². The zero-order valence-electron chi connectivity index (χ0n) is 28.9. The summed E-state index contributed by atoms with van der Waals surface area (Å²) < 4.78 is 48.6. The highest BCUT2D eigenvalue weighted by Gasteiger charge is 2.62. The summed E-state index contributed by atoms with van der Waals surface area (Å²) in [4.78, 5) is 65.7.